The number of benzene rings is 1. The van der Waals surface area contributed by atoms with Crippen molar-refractivity contribution in [3.8, 4) is 0 Å². The number of nitro groups is 1. The van der Waals surface area contributed by atoms with Crippen LogP contribution in [-0.4, -0.2) is 21.6 Å². The lowest BCUT2D eigenvalue weighted by Crippen LogP contribution is -2.35. The van der Waals surface area contributed by atoms with Crippen LogP contribution in [0.3, 0.4) is 0 Å². The van der Waals surface area contributed by atoms with Crippen molar-refractivity contribution in [2.24, 2.45) is 17.3 Å². The number of nitrogen functional groups attached to an aromatic ring is 1. The molecule has 2 atom stereocenters. The maximum absolute atomic E-state index is 12.2. The van der Waals surface area contributed by atoms with Gasteiger partial charge in [0, 0.05) is 23.4 Å². The minimum Gasteiger partial charge on any atom is -0.398 e. The van der Waals surface area contributed by atoms with Gasteiger partial charge in [-0.1, -0.05) is 13.8 Å². The Hall–Kier alpha value is -2.44. The van der Waals surface area contributed by atoms with Crippen molar-refractivity contribution in [2.75, 3.05) is 5.73 Å². The van der Waals surface area contributed by atoms with E-state index in [0.29, 0.717) is 11.3 Å². The molecule has 1 aliphatic heterocycles. The van der Waals surface area contributed by atoms with Crippen molar-refractivity contribution in [1.82, 2.24) is 4.90 Å². The number of carbonyl (C=O) groups excluding carboxylic acids is 2. The smallest absolute Gasteiger partial charge is 0.269 e. The maximum Gasteiger partial charge on any atom is 0.269 e. The highest BCUT2D eigenvalue weighted by Gasteiger charge is 2.72. The molecule has 1 aromatic carbocycles. The van der Waals surface area contributed by atoms with Crippen LogP contribution in [0.25, 0.3) is 0 Å². The third kappa shape index (κ3) is 1.80. The van der Waals surface area contributed by atoms with Crippen molar-refractivity contribution in [1.29, 1.82) is 0 Å². The van der Waals surface area contributed by atoms with Gasteiger partial charge in [-0.3, -0.25) is 24.6 Å². The van der Waals surface area contributed by atoms with Gasteiger partial charge in [-0.05, 0) is 11.5 Å². The van der Waals surface area contributed by atoms with E-state index in [0.717, 1.165) is 4.90 Å². The molecule has 7 heteroatoms. The molecule has 3 rings (SSSR count). The third-order valence-electron chi connectivity index (χ3n) is 4.56. The number of hydrogen-bond donors (Lipinski definition) is 1. The maximum atomic E-state index is 12.2. The summed E-state index contributed by atoms with van der Waals surface area (Å²) < 4.78 is 0. The normalized spacial score (nSPS) is 25.9. The van der Waals surface area contributed by atoms with Crippen molar-refractivity contribution >= 4 is 23.2 Å². The van der Waals surface area contributed by atoms with Crippen LogP contribution in [0.1, 0.15) is 19.4 Å². The molecule has 1 saturated heterocycles. The van der Waals surface area contributed by atoms with Crippen LogP contribution in [0.5, 0.6) is 0 Å². The number of likely N-dealkylation sites (tertiary alicyclic amines) is 1. The molecule has 1 heterocycles. The highest BCUT2D eigenvalue weighted by Crippen LogP contribution is 2.63. The Bertz CT molecular complexity index is 659. The second-order valence-electron chi connectivity index (χ2n) is 6.18. The van der Waals surface area contributed by atoms with E-state index in [-0.39, 0.29) is 41.3 Å². The lowest BCUT2D eigenvalue weighted by molar-refractivity contribution is -0.384. The third-order valence-corrected chi connectivity index (χ3v) is 4.56. The summed E-state index contributed by atoms with van der Waals surface area (Å²) in [4.78, 5) is 35.9. The predicted octanol–water partition coefficient (Wildman–Crippen LogP) is 1.32. The van der Waals surface area contributed by atoms with Crippen LogP contribution in [0.2, 0.25) is 0 Å². The number of hydrogen-bond acceptors (Lipinski definition) is 5. The van der Waals surface area contributed by atoms with Crippen molar-refractivity contribution < 1.29 is 14.5 Å². The lowest BCUT2D eigenvalue weighted by Gasteiger charge is -2.21. The number of amides is 2. The molecule has 2 amide bonds. The first-order valence-electron chi connectivity index (χ1n) is 6.63. The Morgan fingerprint density at radius 3 is 2.38 bits per heavy atom. The van der Waals surface area contributed by atoms with E-state index in [9.17, 15) is 19.7 Å². The molecule has 2 aliphatic rings. The molecule has 1 aliphatic carbocycles. The van der Waals surface area contributed by atoms with Gasteiger partial charge < -0.3 is 5.73 Å². The Kier molecular flexibility index (Phi) is 2.60. The fraction of sp³-hybridized carbons (Fsp3) is 0.429. The van der Waals surface area contributed by atoms with E-state index in [1.165, 1.54) is 18.2 Å². The second kappa shape index (κ2) is 4.03. The monoisotopic (exact) mass is 289 g/mol. The van der Waals surface area contributed by atoms with Gasteiger partial charge in [0.15, 0.2) is 0 Å². The molecule has 0 bridgehead atoms. The van der Waals surface area contributed by atoms with E-state index in [2.05, 4.69) is 0 Å². The van der Waals surface area contributed by atoms with E-state index >= 15 is 0 Å². The Morgan fingerprint density at radius 1 is 1.29 bits per heavy atom. The molecule has 2 unspecified atom stereocenters. The summed E-state index contributed by atoms with van der Waals surface area (Å²) in [5.74, 6) is -0.934. The van der Waals surface area contributed by atoms with Gasteiger partial charge in [-0.15, -0.1) is 0 Å². The summed E-state index contributed by atoms with van der Waals surface area (Å²) in [6, 6.07) is 4.03. The van der Waals surface area contributed by atoms with Crippen LogP contribution >= 0.6 is 0 Å². The number of nitrogens with zero attached hydrogens (tertiary/aromatic N) is 2. The topological polar surface area (TPSA) is 107 Å². The minimum atomic E-state index is -0.531. The van der Waals surface area contributed by atoms with Crippen molar-refractivity contribution in [3.05, 3.63) is 33.9 Å². The molecule has 0 radical (unpaired) electrons. The van der Waals surface area contributed by atoms with Gasteiger partial charge in [-0.2, -0.15) is 0 Å². The van der Waals surface area contributed by atoms with Crippen molar-refractivity contribution in [2.45, 2.75) is 20.4 Å². The zero-order chi connectivity index (χ0) is 15.5. The average Bonchev–Trinajstić information content (AvgIpc) is 2.87. The highest BCUT2D eigenvalue weighted by atomic mass is 16.6. The fourth-order valence-electron chi connectivity index (χ4n) is 3.17. The van der Waals surface area contributed by atoms with Crippen molar-refractivity contribution in [3.63, 3.8) is 0 Å². The SMILES string of the molecule is CC1(C)C2C(=O)N(Cc3cc([N+](=O)[O-])ccc3N)C(=O)C21. The van der Waals surface area contributed by atoms with Crippen LogP contribution in [-0.2, 0) is 16.1 Å². The van der Waals surface area contributed by atoms with E-state index in [1.807, 2.05) is 13.8 Å². The number of nitro benzene ring substituents is 1. The molecule has 2 N–H and O–H groups in total. The number of rotatable bonds is 3. The summed E-state index contributed by atoms with van der Waals surface area (Å²) in [5.41, 5.74) is 6.17. The average molecular weight is 289 g/mol. The van der Waals surface area contributed by atoms with Gasteiger partial charge in [0.25, 0.3) is 5.69 Å². The Labute approximate surface area is 120 Å². The van der Waals surface area contributed by atoms with E-state index in [1.54, 1.807) is 0 Å². The predicted molar refractivity (Wildman–Crippen MR) is 73.8 cm³/mol. The Morgan fingerprint density at radius 2 is 1.86 bits per heavy atom. The number of imide groups is 1. The van der Waals surface area contributed by atoms with Gasteiger partial charge in [-0.25, -0.2) is 0 Å². The zero-order valence-corrected chi connectivity index (χ0v) is 11.7. The van der Waals surface area contributed by atoms with E-state index < -0.39 is 4.92 Å². The van der Waals surface area contributed by atoms with Gasteiger partial charge in [0.05, 0.1) is 23.3 Å². The van der Waals surface area contributed by atoms with Crippen LogP contribution in [0, 0.1) is 27.4 Å². The molecule has 2 fully saturated rings. The minimum absolute atomic E-state index is 0.00569. The summed E-state index contributed by atoms with van der Waals surface area (Å²) >= 11 is 0. The first-order chi connectivity index (χ1) is 9.75. The number of non-ortho nitro benzene ring substituents is 1. The molecule has 110 valence electrons. The summed E-state index contributed by atoms with van der Waals surface area (Å²) in [5, 5.41) is 10.8. The molecule has 0 spiro atoms. The largest absolute Gasteiger partial charge is 0.398 e. The molecule has 1 aromatic rings. The molecule has 21 heavy (non-hydrogen) atoms. The number of fused-ring (bicyclic) bond motifs is 1. The standard InChI is InChI=1S/C14H15N3O4/c1-14(2)10-11(14)13(19)16(12(10)18)6-7-5-8(17(20)21)3-4-9(7)15/h3-5,10-11H,6,15H2,1-2H3. The number of anilines is 1. The van der Waals surface area contributed by atoms with Gasteiger partial charge in [0.1, 0.15) is 0 Å². The molecule has 0 aromatic heterocycles. The first-order valence-corrected chi connectivity index (χ1v) is 6.63. The summed E-state index contributed by atoms with van der Waals surface area (Å²) in [7, 11) is 0. The van der Waals surface area contributed by atoms with Crippen LogP contribution in [0.15, 0.2) is 18.2 Å². The number of carbonyl (C=O) groups is 2. The first kappa shape index (κ1) is 13.5. The highest BCUT2D eigenvalue weighted by molar-refractivity contribution is 6.10. The van der Waals surface area contributed by atoms with E-state index in [4.69, 9.17) is 5.73 Å². The Balaban J connectivity index is 1.86. The number of piperidine rings is 1. The second-order valence-corrected chi connectivity index (χ2v) is 6.18. The van der Waals surface area contributed by atoms with Gasteiger partial charge in [0.2, 0.25) is 11.8 Å². The van der Waals surface area contributed by atoms with Gasteiger partial charge >= 0.3 is 0 Å². The molecular weight excluding hydrogens is 274 g/mol. The zero-order valence-electron chi connectivity index (χ0n) is 11.7. The molecular formula is C14H15N3O4. The van der Waals surface area contributed by atoms with Crippen LogP contribution in [0.4, 0.5) is 11.4 Å². The fourth-order valence-corrected chi connectivity index (χ4v) is 3.17. The number of nitrogens with two attached hydrogens (primary N) is 1. The van der Waals surface area contributed by atoms with Crippen LogP contribution < -0.4 is 5.73 Å². The molecule has 1 saturated carbocycles. The summed E-state index contributed by atoms with van der Waals surface area (Å²) in [6.45, 7) is 3.79. The molecule has 7 nitrogen and oxygen atoms in total. The summed E-state index contributed by atoms with van der Waals surface area (Å²) in [6.07, 6.45) is 0. The lowest BCUT2D eigenvalue weighted by atomic mass is 10.0. The quantitative estimate of drug-likeness (QED) is 0.391.